The van der Waals surface area contributed by atoms with Gasteiger partial charge in [-0.05, 0) is 26.0 Å². The minimum atomic E-state index is -0.481. The number of carbonyl (C=O) groups is 1. The third kappa shape index (κ3) is 3.66. The Morgan fingerprint density at radius 2 is 2.24 bits per heavy atom. The fourth-order valence-electron chi connectivity index (χ4n) is 1.86. The molecule has 1 heterocycles. The van der Waals surface area contributed by atoms with Gasteiger partial charge in [0, 0.05) is 11.8 Å². The van der Waals surface area contributed by atoms with Gasteiger partial charge in [0.25, 0.3) is 0 Å². The number of nitrogen functional groups attached to an aromatic ring is 1. The van der Waals surface area contributed by atoms with Crippen molar-refractivity contribution < 1.29 is 14.1 Å². The molecule has 0 saturated carbocycles. The number of anilines is 2. The number of nitrogens with two attached hydrogens (primary N) is 1. The number of rotatable bonds is 5. The van der Waals surface area contributed by atoms with Gasteiger partial charge >= 0.3 is 5.97 Å². The maximum atomic E-state index is 12.0. The molecule has 0 aliphatic heterocycles. The van der Waals surface area contributed by atoms with Gasteiger partial charge in [-0.25, -0.2) is 4.79 Å². The molecule has 0 atom stereocenters. The van der Waals surface area contributed by atoms with E-state index >= 15 is 0 Å². The number of esters is 1. The highest BCUT2D eigenvalue weighted by atomic mass is 35.5. The average Bonchev–Trinajstić information content (AvgIpc) is 2.83. The van der Waals surface area contributed by atoms with Gasteiger partial charge in [0.2, 0.25) is 0 Å². The van der Waals surface area contributed by atoms with Crippen LogP contribution in [0.25, 0.3) is 0 Å². The SMILES string of the molecule is CCOC(=O)c1cc(N)cc(Cl)c1NCc1cc(C)on1. The molecule has 0 fully saturated rings. The van der Waals surface area contributed by atoms with Gasteiger partial charge in [-0.15, -0.1) is 0 Å². The zero-order valence-electron chi connectivity index (χ0n) is 11.8. The predicted octanol–water partition coefficient (Wildman–Crippen LogP) is 3.01. The molecule has 0 aliphatic rings. The Balaban J connectivity index is 2.26. The molecule has 0 radical (unpaired) electrons. The van der Waals surface area contributed by atoms with Crippen LogP contribution in [0.4, 0.5) is 11.4 Å². The number of benzene rings is 1. The van der Waals surface area contributed by atoms with Crippen LogP contribution in [0.3, 0.4) is 0 Å². The second-order valence-corrected chi connectivity index (χ2v) is 4.84. The molecule has 0 aliphatic carbocycles. The van der Waals surface area contributed by atoms with E-state index in [1.807, 2.05) is 0 Å². The first-order chi connectivity index (χ1) is 10.0. The highest BCUT2D eigenvalue weighted by Gasteiger charge is 2.17. The van der Waals surface area contributed by atoms with Crippen LogP contribution in [0.15, 0.2) is 22.7 Å². The zero-order chi connectivity index (χ0) is 15.4. The third-order valence-electron chi connectivity index (χ3n) is 2.73. The fraction of sp³-hybridized carbons (Fsp3) is 0.286. The molecule has 1 aromatic carbocycles. The van der Waals surface area contributed by atoms with Crippen molar-refractivity contribution in [3.63, 3.8) is 0 Å². The lowest BCUT2D eigenvalue weighted by molar-refractivity contribution is 0.0527. The molecule has 21 heavy (non-hydrogen) atoms. The number of hydrogen-bond acceptors (Lipinski definition) is 6. The Kier molecular flexibility index (Phi) is 4.70. The number of hydrogen-bond donors (Lipinski definition) is 2. The molecular formula is C14H16ClN3O3. The lowest BCUT2D eigenvalue weighted by atomic mass is 10.1. The quantitative estimate of drug-likeness (QED) is 0.652. The van der Waals surface area contributed by atoms with E-state index in [1.54, 1.807) is 26.0 Å². The Hall–Kier alpha value is -2.21. The Morgan fingerprint density at radius 1 is 1.48 bits per heavy atom. The summed E-state index contributed by atoms with van der Waals surface area (Å²) in [6, 6.07) is 4.89. The van der Waals surface area contributed by atoms with Gasteiger partial charge in [-0.2, -0.15) is 0 Å². The molecule has 3 N–H and O–H groups in total. The molecule has 2 rings (SSSR count). The molecule has 1 aromatic heterocycles. The molecule has 0 spiro atoms. The first-order valence-electron chi connectivity index (χ1n) is 6.43. The van der Waals surface area contributed by atoms with Crippen LogP contribution in [-0.4, -0.2) is 17.7 Å². The number of aromatic nitrogens is 1. The van der Waals surface area contributed by atoms with E-state index in [2.05, 4.69) is 10.5 Å². The third-order valence-corrected chi connectivity index (χ3v) is 3.03. The summed E-state index contributed by atoms with van der Waals surface area (Å²) < 4.78 is 9.99. The molecule has 6 nitrogen and oxygen atoms in total. The number of nitrogens with zero attached hydrogens (tertiary/aromatic N) is 1. The summed E-state index contributed by atoms with van der Waals surface area (Å²) in [5.74, 6) is 0.228. The summed E-state index contributed by atoms with van der Waals surface area (Å²) in [6.45, 7) is 4.17. The Bertz CT molecular complexity index is 655. The summed E-state index contributed by atoms with van der Waals surface area (Å²) in [5.41, 5.74) is 7.58. The predicted molar refractivity (Wildman–Crippen MR) is 80.4 cm³/mol. The van der Waals surface area contributed by atoms with Crippen molar-refractivity contribution >= 4 is 28.9 Å². The van der Waals surface area contributed by atoms with Crippen LogP contribution in [0, 0.1) is 6.92 Å². The minimum absolute atomic E-state index is 0.271. The second-order valence-electron chi connectivity index (χ2n) is 4.43. The number of halogens is 1. The normalized spacial score (nSPS) is 10.4. The van der Waals surface area contributed by atoms with Crippen molar-refractivity contribution in [3.05, 3.63) is 40.2 Å². The van der Waals surface area contributed by atoms with E-state index in [9.17, 15) is 4.79 Å². The standard InChI is InChI=1S/C14H16ClN3O3/c1-3-20-14(19)11-5-9(16)6-12(15)13(11)17-7-10-4-8(2)21-18-10/h4-6,17H,3,7,16H2,1-2H3. The van der Waals surface area contributed by atoms with E-state index in [4.69, 9.17) is 26.6 Å². The molecule has 0 unspecified atom stereocenters. The Morgan fingerprint density at radius 3 is 2.86 bits per heavy atom. The summed E-state index contributed by atoms with van der Waals surface area (Å²) >= 11 is 6.16. The molecule has 0 amide bonds. The van der Waals surface area contributed by atoms with E-state index < -0.39 is 5.97 Å². The Labute approximate surface area is 127 Å². The van der Waals surface area contributed by atoms with Gasteiger partial charge in [0.05, 0.1) is 29.4 Å². The van der Waals surface area contributed by atoms with Gasteiger partial charge in [0.1, 0.15) is 11.5 Å². The fourth-order valence-corrected chi connectivity index (χ4v) is 2.15. The maximum Gasteiger partial charge on any atom is 0.340 e. The molecule has 7 heteroatoms. The van der Waals surface area contributed by atoms with E-state index in [0.717, 1.165) is 0 Å². The number of aryl methyl sites for hydroxylation is 1. The molecule has 0 saturated heterocycles. The van der Waals surface area contributed by atoms with E-state index in [0.29, 0.717) is 40.0 Å². The first kappa shape index (κ1) is 15.2. The van der Waals surface area contributed by atoms with E-state index in [-0.39, 0.29) is 6.61 Å². The van der Waals surface area contributed by atoms with Crippen molar-refractivity contribution in [3.8, 4) is 0 Å². The van der Waals surface area contributed by atoms with Crippen LogP contribution in [0.2, 0.25) is 5.02 Å². The minimum Gasteiger partial charge on any atom is -0.462 e. The van der Waals surface area contributed by atoms with Gasteiger partial charge in [-0.1, -0.05) is 16.8 Å². The van der Waals surface area contributed by atoms with Crippen LogP contribution in [0.1, 0.15) is 28.7 Å². The lowest BCUT2D eigenvalue weighted by Crippen LogP contribution is -2.11. The smallest absolute Gasteiger partial charge is 0.340 e. The number of carbonyl (C=O) groups excluding carboxylic acids is 1. The largest absolute Gasteiger partial charge is 0.462 e. The van der Waals surface area contributed by atoms with Crippen molar-refractivity contribution in [2.24, 2.45) is 0 Å². The van der Waals surface area contributed by atoms with Crippen molar-refractivity contribution in [1.82, 2.24) is 5.16 Å². The second kappa shape index (κ2) is 6.49. The lowest BCUT2D eigenvalue weighted by Gasteiger charge is -2.13. The van der Waals surface area contributed by atoms with Gasteiger partial charge < -0.3 is 20.3 Å². The molecular weight excluding hydrogens is 294 g/mol. The summed E-state index contributed by atoms with van der Waals surface area (Å²) in [5, 5.41) is 7.28. The summed E-state index contributed by atoms with van der Waals surface area (Å²) in [6.07, 6.45) is 0. The number of ether oxygens (including phenoxy) is 1. The first-order valence-corrected chi connectivity index (χ1v) is 6.81. The van der Waals surface area contributed by atoms with Crippen molar-refractivity contribution in [2.75, 3.05) is 17.7 Å². The number of nitrogens with one attached hydrogen (secondary N) is 1. The van der Waals surface area contributed by atoms with Crippen LogP contribution < -0.4 is 11.1 Å². The zero-order valence-corrected chi connectivity index (χ0v) is 12.5. The summed E-state index contributed by atoms with van der Waals surface area (Å²) in [7, 11) is 0. The molecule has 2 aromatic rings. The average molecular weight is 310 g/mol. The van der Waals surface area contributed by atoms with Crippen LogP contribution >= 0.6 is 11.6 Å². The molecule has 112 valence electrons. The molecule has 0 bridgehead atoms. The topological polar surface area (TPSA) is 90.4 Å². The maximum absolute atomic E-state index is 12.0. The highest BCUT2D eigenvalue weighted by Crippen LogP contribution is 2.30. The summed E-state index contributed by atoms with van der Waals surface area (Å²) in [4.78, 5) is 12.0. The van der Waals surface area contributed by atoms with E-state index in [1.165, 1.54) is 6.07 Å². The van der Waals surface area contributed by atoms with Gasteiger partial charge in [0.15, 0.2) is 0 Å². The van der Waals surface area contributed by atoms with Crippen molar-refractivity contribution in [1.29, 1.82) is 0 Å². The van der Waals surface area contributed by atoms with Crippen LogP contribution in [0.5, 0.6) is 0 Å². The highest BCUT2D eigenvalue weighted by molar-refractivity contribution is 6.34. The van der Waals surface area contributed by atoms with Gasteiger partial charge in [-0.3, -0.25) is 0 Å². The van der Waals surface area contributed by atoms with Crippen molar-refractivity contribution in [2.45, 2.75) is 20.4 Å². The monoisotopic (exact) mass is 309 g/mol. The van der Waals surface area contributed by atoms with Crippen LogP contribution in [-0.2, 0) is 11.3 Å².